The highest BCUT2D eigenvalue weighted by atomic mass is 19.1. The van der Waals surface area contributed by atoms with Crippen molar-refractivity contribution in [3.05, 3.63) is 106 Å². The van der Waals surface area contributed by atoms with Crippen LogP contribution in [0.15, 0.2) is 72.8 Å². The molecular formula is C24H19FO3. The van der Waals surface area contributed by atoms with Gasteiger partial charge in [0.2, 0.25) is 0 Å². The first kappa shape index (κ1) is 19.2. The van der Waals surface area contributed by atoms with Crippen LogP contribution in [-0.2, 0) is 11.2 Å². The second-order valence-electron chi connectivity index (χ2n) is 6.23. The molecule has 0 aliphatic carbocycles. The Labute approximate surface area is 163 Å². The topological polar surface area (TPSA) is 43.4 Å². The van der Waals surface area contributed by atoms with Gasteiger partial charge in [-0.1, -0.05) is 66.7 Å². The number of carbonyl (C=O) groups excluding carboxylic acids is 2. The molecule has 0 N–H and O–H groups in total. The van der Waals surface area contributed by atoms with Crippen LogP contribution in [0.2, 0.25) is 0 Å². The largest absolute Gasteiger partial charge is 0.465 e. The summed E-state index contributed by atoms with van der Waals surface area (Å²) in [5.41, 5.74) is 2.84. The third-order valence-corrected chi connectivity index (χ3v) is 4.33. The maximum atomic E-state index is 13.7. The lowest BCUT2D eigenvalue weighted by Gasteiger charge is -2.07. The molecule has 3 rings (SSSR count). The molecular weight excluding hydrogens is 355 g/mol. The molecule has 0 unspecified atom stereocenters. The van der Waals surface area contributed by atoms with Gasteiger partial charge in [0, 0.05) is 12.0 Å². The number of Topliss-reactive ketones (excluding diaryl/α,β-unsaturated/α-hetero) is 1. The fraction of sp³-hybridized carbons (Fsp3) is 0.0833. The van der Waals surface area contributed by atoms with E-state index in [1.807, 2.05) is 42.5 Å². The molecule has 0 saturated heterocycles. The van der Waals surface area contributed by atoms with E-state index >= 15 is 0 Å². The summed E-state index contributed by atoms with van der Waals surface area (Å²) in [6, 6.07) is 20.6. The highest BCUT2D eigenvalue weighted by molar-refractivity contribution is 6.02. The number of halogens is 1. The zero-order valence-electron chi connectivity index (χ0n) is 15.4. The second kappa shape index (κ2) is 8.91. The van der Waals surface area contributed by atoms with Crippen LogP contribution in [0.1, 0.15) is 37.4 Å². The minimum atomic E-state index is -0.548. The summed E-state index contributed by atoms with van der Waals surface area (Å²) in [6.07, 6.45) is 3.61. The predicted molar refractivity (Wildman–Crippen MR) is 108 cm³/mol. The molecule has 140 valence electrons. The fourth-order valence-electron chi connectivity index (χ4n) is 2.92. The predicted octanol–water partition coefficient (Wildman–Crippen LogP) is 5.21. The van der Waals surface area contributed by atoms with Gasteiger partial charge in [0.1, 0.15) is 5.82 Å². The maximum absolute atomic E-state index is 13.7. The molecule has 0 bridgehead atoms. The van der Waals surface area contributed by atoms with Crippen LogP contribution in [0.4, 0.5) is 4.39 Å². The van der Waals surface area contributed by atoms with E-state index in [4.69, 9.17) is 4.74 Å². The van der Waals surface area contributed by atoms with Crippen LogP contribution < -0.4 is 0 Å². The lowest BCUT2D eigenvalue weighted by Crippen LogP contribution is -2.05. The lowest BCUT2D eigenvalue weighted by molar-refractivity contribution is 0.0600. The first-order valence-electron chi connectivity index (χ1n) is 8.80. The van der Waals surface area contributed by atoms with E-state index in [-0.39, 0.29) is 11.3 Å². The summed E-state index contributed by atoms with van der Waals surface area (Å²) >= 11 is 0. The van der Waals surface area contributed by atoms with Gasteiger partial charge < -0.3 is 4.74 Å². The van der Waals surface area contributed by atoms with Crippen molar-refractivity contribution >= 4 is 23.9 Å². The van der Waals surface area contributed by atoms with Gasteiger partial charge in [-0.25, -0.2) is 9.18 Å². The van der Waals surface area contributed by atoms with E-state index in [1.165, 1.54) is 25.3 Å². The highest BCUT2D eigenvalue weighted by Crippen LogP contribution is 2.19. The molecule has 0 fully saturated rings. The first-order chi connectivity index (χ1) is 13.6. The Morgan fingerprint density at radius 3 is 2.29 bits per heavy atom. The third-order valence-electron chi connectivity index (χ3n) is 4.33. The molecule has 0 spiro atoms. The average molecular weight is 374 g/mol. The van der Waals surface area contributed by atoms with Crippen LogP contribution in [0.5, 0.6) is 0 Å². The van der Waals surface area contributed by atoms with Crippen molar-refractivity contribution in [3.63, 3.8) is 0 Å². The van der Waals surface area contributed by atoms with E-state index in [0.717, 1.165) is 5.56 Å². The first-order valence-corrected chi connectivity index (χ1v) is 8.80. The Balaban J connectivity index is 1.91. The number of methoxy groups -OCH3 is 1. The number of hydrogen-bond acceptors (Lipinski definition) is 3. The van der Waals surface area contributed by atoms with Crippen molar-refractivity contribution in [2.75, 3.05) is 7.11 Å². The Kier molecular flexibility index (Phi) is 6.12. The van der Waals surface area contributed by atoms with Crippen molar-refractivity contribution in [1.29, 1.82) is 0 Å². The second-order valence-corrected chi connectivity index (χ2v) is 6.23. The number of esters is 1. The molecule has 0 atom stereocenters. The van der Waals surface area contributed by atoms with Gasteiger partial charge in [-0.05, 0) is 34.9 Å². The van der Waals surface area contributed by atoms with Crippen molar-refractivity contribution < 1.29 is 18.7 Å². The van der Waals surface area contributed by atoms with Crippen LogP contribution in [0.25, 0.3) is 12.2 Å². The van der Waals surface area contributed by atoms with Gasteiger partial charge >= 0.3 is 5.97 Å². The Morgan fingerprint density at radius 2 is 1.54 bits per heavy atom. The molecule has 4 heteroatoms. The number of benzene rings is 3. The maximum Gasteiger partial charge on any atom is 0.338 e. The Morgan fingerprint density at radius 1 is 0.857 bits per heavy atom. The van der Waals surface area contributed by atoms with E-state index in [0.29, 0.717) is 23.1 Å². The summed E-state index contributed by atoms with van der Waals surface area (Å²) in [5, 5.41) is 0. The molecule has 28 heavy (non-hydrogen) atoms. The quantitative estimate of drug-likeness (QED) is 0.338. The zero-order chi connectivity index (χ0) is 19.9. The molecule has 0 aliphatic rings. The molecule has 3 aromatic rings. The summed E-state index contributed by atoms with van der Waals surface area (Å²) in [7, 11) is 1.27. The minimum Gasteiger partial charge on any atom is -0.465 e. The Hall–Kier alpha value is -3.53. The fourth-order valence-corrected chi connectivity index (χ4v) is 2.92. The molecule has 3 nitrogen and oxygen atoms in total. The highest BCUT2D eigenvalue weighted by Gasteiger charge is 2.12. The van der Waals surface area contributed by atoms with E-state index in [2.05, 4.69) is 0 Å². The van der Waals surface area contributed by atoms with E-state index in [9.17, 15) is 14.0 Å². The molecule has 0 radical (unpaired) electrons. The van der Waals surface area contributed by atoms with Crippen molar-refractivity contribution in [2.45, 2.75) is 6.42 Å². The summed E-state index contributed by atoms with van der Waals surface area (Å²) in [6.45, 7) is 0. The number of ketones is 1. The van der Waals surface area contributed by atoms with Gasteiger partial charge in [-0.3, -0.25) is 4.79 Å². The van der Waals surface area contributed by atoms with Gasteiger partial charge in [-0.15, -0.1) is 0 Å². The van der Waals surface area contributed by atoms with Crippen molar-refractivity contribution in [3.8, 4) is 0 Å². The number of rotatable bonds is 6. The van der Waals surface area contributed by atoms with E-state index < -0.39 is 11.8 Å². The van der Waals surface area contributed by atoms with Crippen molar-refractivity contribution in [2.24, 2.45) is 0 Å². The minimum absolute atomic E-state index is 0.0149. The Bertz CT molecular complexity index is 1020. The van der Waals surface area contributed by atoms with Gasteiger partial charge in [0.05, 0.1) is 12.7 Å². The van der Waals surface area contributed by atoms with E-state index in [1.54, 1.807) is 24.3 Å². The van der Waals surface area contributed by atoms with Crippen LogP contribution in [0.3, 0.4) is 0 Å². The van der Waals surface area contributed by atoms with Gasteiger partial charge in [0.25, 0.3) is 0 Å². The monoisotopic (exact) mass is 374 g/mol. The summed E-state index contributed by atoms with van der Waals surface area (Å²) in [5.74, 6) is -1.02. The van der Waals surface area contributed by atoms with Crippen molar-refractivity contribution in [1.82, 2.24) is 0 Å². The summed E-state index contributed by atoms with van der Waals surface area (Å²) < 4.78 is 18.4. The molecule has 0 saturated carbocycles. The normalized spacial score (nSPS) is 10.8. The lowest BCUT2D eigenvalue weighted by atomic mass is 9.97. The number of ether oxygens (including phenoxy) is 1. The number of hydrogen-bond donors (Lipinski definition) is 0. The zero-order valence-corrected chi connectivity index (χ0v) is 15.4. The van der Waals surface area contributed by atoms with Crippen LogP contribution in [0, 0.1) is 5.82 Å². The van der Waals surface area contributed by atoms with Gasteiger partial charge in [-0.2, -0.15) is 0 Å². The molecule has 0 amide bonds. The molecule has 0 heterocycles. The smallest absolute Gasteiger partial charge is 0.338 e. The SMILES string of the molecule is COC(=O)c1ccc(F)cc1/C=C/c1ccccc1C(=O)Cc1ccccc1. The molecule has 3 aromatic carbocycles. The van der Waals surface area contributed by atoms with Gasteiger partial charge in [0.15, 0.2) is 5.78 Å². The average Bonchev–Trinajstić information content (AvgIpc) is 2.72. The standard InChI is InChI=1S/C24H19FO3/c1-28-24(27)22-14-13-20(25)16-19(22)12-11-18-9-5-6-10-21(18)23(26)15-17-7-3-2-4-8-17/h2-14,16H,15H2,1H3/b12-11+. The summed E-state index contributed by atoms with van der Waals surface area (Å²) in [4.78, 5) is 24.7. The van der Waals surface area contributed by atoms with Crippen LogP contribution in [-0.4, -0.2) is 18.9 Å². The molecule has 0 aliphatic heterocycles. The third kappa shape index (κ3) is 4.60. The van der Waals surface area contributed by atoms with Crippen LogP contribution >= 0.6 is 0 Å². The molecule has 0 aromatic heterocycles. The number of carbonyl (C=O) groups is 2.